The van der Waals surface area contributed by atoms with Crippen LogP contribution in [0.2, 0.25) is 0 Å². The molecule has 0 saturated carbocycles. The third kappa shape index (κ3) is 4.27. The Kier molecular flexibility index (Phi) is 6.69. The Hall–Kier alpha value is -0.570. The van der Waals surface area contributed by atoms with Crippen molar-refractivity contribution >= 4 is 5.91 Å². The standard InChI is InChI=1S/C15H30N2O/c1-5-7-8-13(6-2)15(18)17-14-11(3)9-10-16-12(14)4/h11-14,16H,5-10H2,1-4H3,(H,17,18). The minimum atomic E-state index is 0.200. The third-order valence-corrected chi connectivity index (χ3v) is 4.30. The smallest absolute Gasteiger partial charge is 0.223 e. The van der Waals surface area contributed by atoms with Crippen LogP contribution in [0.5, 0.6) is 0 Å². The summed E-state index contributed by atoms with van der Waals surface area (Å²) < 4.78 is 0. The average Bonchev–Trinajstić information content (AvgIpc) is 2.35. The number of nitrogens with one attached hydrogen (secondary N) is 2. The molecule has 4 unspecified atom stereocenters. The first-order valence-electron chi connectivity index (χ1n) is 7.63. The molecule has 0 bridgehead atoms. The molecule has 1 heterocycles. The molecule has 1 rings (SSSR count). The number of carbonyl (C=O) groups excluding carboxylic acids is 1. The summed E-state index contributed by atoms with van der Waals surface area (Å²) in [5.41, 5.74) is 0. The van der Waals surface area contributed by atoms with Crippen molar-refractivity contribution in [3.05, 3.63) is 0 Å². The number of rotatable bonds is 6. The zero-order valence-corrected chi connectivity index (χ0v) is 12.5. The first-order valence-corrected chi connectivity index (χ1v) is 7.63. The summed E-state index contributed by atoms with van der Waals surface area (Å²) in [4.78, 5) is 12.3. The molecule has 18 heavy (non-hydrogen) atoms. The van der Waals surface area contributed by atoms with Gasteiger partial charge in [-0.1, -0.05) is 33.6 Å². The Bertz CT molecular complexity index is 245. The van der Waals surface area contributed by atoms with Crippen molar-refractivity contribution in [2.45, 2.75) is 71.9 Å². The molecule has 0 spiro atoms. The van der Waals surface area contributed by atoms with E-state index < -0.39 is 0 Å². The van der Waals surface area contributed by atoms with Crippen LogP contribution in [-0.2, 0) is 4.79 Å². The van der Waals surface area contributed by atoms with Gasteiger partial charge in [0.1, 0.15) is 0 Å². The first-order chi connectivity index (χ1) is 8.60. The number of piperidine rings is 1. The van der Waals surface area contributed by atoms with E-state index in [1.807, 2.05) is 0 Å². The zero-order chi connectivity index (χ0) is 13.5. The lowest BCUT2D eigenvalue weighted by Gasteiger charge is -2.36. The molecule has 0 aliphatic carbocycles. The van der Waals surface area contributed by atoms with Gasteiger partial charge in [-0.2, -0.15) is 0 Å². The normalized spacial score (nSPS) is 29.9. The lowest BCUT2D eigenvalue weighted by atomic mass is 9.88. The van der Waals surface area contributed by atoms with Crippen LogP contribution in [-0.4, -0.2) is 24.5 Å². The van der Waals surface area contributed by atoms with E-state index in [-0.39, 0.29) is 11.8 Å². The molecular weight excluding hydrogens is 224 g/mol. The zero-order valence-electron chi connectivity index (χ0n) is 12.5. The average molecular weight is 254 g/mol. The summed E-state index contributed by atoms with van der Waals surface area (Å²) in [6.07, 6.45) is 5.46. The molecule has 1 aliphatic rings. The van der Waals surface area contributed by atoms with Gasteiger partial charge in [-0.05, 0) is 38.6 Å². The Balaban J connectivity index is 2.50. The van der Waals surface area contributed by atoms with E-state index >= 15 is 0 Å². The molecule has 1 saturated heterocycles. The maximum absolute atomic E-state index is 12.3. The van der Waals surface area contributed by atoms with Gasteiger partial charge in [-0.25, -0.2) is 0 Å². The number of amides is 1. The molecule has 0 aromatic heterocycles. The molecule has 0 aromatic rings. The highest BCUT2D eigenvalue weighted by atomic mass is 16.1. The largest absolute Gasteiger partial charge is 0.351 e. The van der Waals surface area contributed by atoms with Crippen molar-refractivity contribution in [3.63, 3.8) is 0 Å². The van der Waals surface area contributed by atoms with Crippen LogP contribution < -0.4 is 10.6 Å². The molecule has 1 amide bonds. The molecule has 0 aromatic carbocycles. The molecule has 106 valence electrons. The van der Waals surface area contributed by atoms with Gasteiger partial charge in [-0.3, -0.25) is 4.79 Å². The fraction of sp³-hybridized carbons (Fsp3) is 0.933. The van der Waals surface area contributed by atoms with Crippen LogP contribution >= 0.6 is 0 Å². The highest BCUT2D eigenvalue weighted by Gasteiger charge is 2.30. The number of unbranched alkanes of at least 4 members (excludes halogenated alkanes) is 1. The van der Waals surface area contributed by atoms with Gasteiger partial charge in [0.25, 0.3) is 0 Å². The van der Waals surface area contributed by atoms with E-state index in [4.69, 9.17) is 0 Å². The maximum atomic E-state index is 12.3. The van der Waals surface area contributed by atoms with Gasteiger partial charge in [-0.15, -0.1) is 0 Å². The van der Waals surface area contributed by atoms with E-state index in [2.05, 4.69) is 38.3 Å². The van der Waals surface area contributed by atoms with Gasteiger partial charge >= 0.3 is 0 Å². The van der Waals surface area contributed by atoms with Crippen molar-refractivity contribution in [1.29, 1.82) is 0 Å². The summed E-state index contributed by atoms with van der Waals surface area (Å²) in [5, 5.41) is 6.73. The van der Waals surface area contributed by atoms with Crippen LogP contribution in [0.25, 0.3) is 0 Å². The summed E-state index contributed by atoms with van der Waals surface area (Å²) in [7, 11) is 0. The molecule has 2 N–H and O–H groups in total. The van der Waals surface area contributed by atoms with Crippen molar-refractivity contribution in [3.8, 4) is 0 Å². The van der Waals surface area contributed by atoms with E-state index in [9.17, 15) is 4.79 Å². The molecule has 1 aliphatic heterocycles. The van der Waals surface area contributed by atoms with Gasteiger partial charge < -0.3 is 10.6 Å². The van der Waals surface area contributed by atoms with Crippen LogP contribution in [0, 0.1) is 11.8 Å². The van der Waals surface area contributed by atoms with Gasteiger partial charge in [0.05, 0.1) is 0 Å². The number of hydrogen-bond donors (Lipinski definition) is 2. The second-order valence-corrected chi connectivity index (χ2v) is 5.79. The van der Waals surface area contributed by atoms with Crippen molar-refractivity contribution in [1.82, 2.24) is 10.6 Å². The molecule has 3 heteroatoms. The van der Waals surface area contributed by atoms with Crippen LogP contribution in [0.4, 0.5) is 0 Å². The van der Waals surface area contributed by atoms with E-state index in [1.165, 1.54) is 6.42 Å². The van der Waals surface area contributed by atoms with Gasteiger partial charge in [0.15, 0.2) is 0 Å². The Morgan fingerprint density at radius 3 is 2.67 bits per heavy atom. The first kappa shape index (κ1) is 15.5. The minimum Gasteiger partial charge on any atom is -0.351 e. The van der Waals surface area contributed by atoms with E-state index in [0.29, 0.717) is 18.0 Å². The second kappa shape index (κ2) is 7.78. The number of hydrogen-bond acceptors (Lipinski definition) is 2. The van der Waals surface area contributed by atoms with Crippen molar-refractivity contribution < 1.29 is 4.79 Å². The molecule has 1 fully saturated rings. The second-order valence-electron chi connectivity index (χ2n) is 5.79. The van der Waals surface area contributed by atoms with Crippen LogP contribution in [0.1, 0.15) is 59.8 Å². The number of carbonyl (C=O) groups is 1. The summed E-state index contributed by atoms with van der Waals surface area (Å²) >= 11 is 0. The summed E-state index contributed by atoms with van der Waals surface area (Å²) in [6.45, 7) is 9.79. The highest BCUT2D eigenvalue weighted by molar-refractivity contribution is 5.79. The highest BCUT2D eigenvalue weighted by Crippen LogP contribution is 2.19. The van der Waals surface area contributed by atoms with Crippen molar-refractivity contribution in [2.24, 2.45) is 11.8 Å². The van der Waals surface area contributed by atoms with E-state index in [0.717, 1.165) is 32.2 Å². The monoisotopic (exact) mass is 254 g/mol. The van der Waals surface area contributed by atoms with Gasteiger partial charge in [0.2, 0.25) is 5.91 Å². The quantitative estimate of drug-likeness (QED) is 0.765. The van der Waals surface area contributed by atoms with Gasteiger partial charge in [0, 0.05) is 18.0 Å². The Morgan fingerprint density at radius 1 is 1.39 bits per heavy atom. The van der Waals surface area contributed by atoms with Crippen LogP contribution in [0.15, 0.2) is 0 Å². The molecule has 0 radical (unpaired) electrons. The topological polar surface area (TPSA) is 41.1 Å². The predicted molar refractivity (Wildman–Crippen MR) is 76.5 cm³/mol. The molecule has 4 atom stereocenters. The SMILES string of the molecule is CCCCC(CC)C(=O)NC1C(C)CCNC1C. The fourth-order valence-electron chi connectivity index (χ4n) is 2.86. The summed E-state index contributed by atoms with van der Waals surface area (Å²) in [6, 6.07) is 0.684. The lowest BCUT2D eigenvalue weighted by Crippen LogP contribution is -2.56. The molecular formula is C15H30N2O. The third-order valence-electron chi connectivity index (χ3n) is 4.30. The summed E-state index contributed by atoms with van der Waals surface area (Å²) in [5.74, 6) is 1.04. The maximum Gasteiger partial charge on any atom is 0.223 e. The Morgan fingerprint density at radius 2 is 2.11 bits per heavy atom. The van der Waals surface area contributed by atoms with E-state index in [1.54, 1.807) is 0 Å². The predicted octanol–water partition coefficient (Wildman–Crippen LogP) is 2.71. The lowest BCUT2D eigenvalue weighted by molar-refractivity contribution is -0.126. The van der Waals surface area contributed by atoms with Crippen molar-refractivity contribution in [2.75, 3.05) is 6.54 Å². The molecule has 3 nitrogen and oxygen atoms in total. The fourth-order valence-corrected chi connectivity index (χ4v) is 2.86. The van der Waals surface area contributed by atoms with Crippen LogP contribution in [0.3, 0.4) is 0 Å². The minimum absolute atomic E-state index is 0.200. The Labute approximate surface area is 112 Å².